The minimum atomic E-state index is 0.315. The smallest absolute Gasteiger partial charge is 0.172 e. The SMILES string of the molecule is [S-]c1n[nH]c(-c2ccccn2)n1. The van der Waals surface area contributed by atoms with E-state index in [1.807, 2.05) is 18.2 Å². The van der Waals surface area contributed by atoms with Gasteiger partial charge in [-0.05, 0) is 12.1 Å². The molecule has 0 atom stereocenters. The molecule has 2 heterocycles. The van der Waals surface area contributed by atoms with Crippen molar-refractivity contribution in [3.05, 3.63) is 24.4 Å². The molecule has 0 saturated heterocycles. The van der Waals surface area contributed by atoms with Crippen molar-refractivity contribution >= 4 is 12.6 Å². The van der Waals surface area contributed by atoms with Crippen LogP contribution in [0, 0.1) is 0 Å². The van der Waals surface area contributed by atoms with E-state index in [0.717, 1.165) is 5.69 Å². The third-order valence-corrected chi connectivity index (χ3v) is 1.55. The molecule has 0 aliphatic heterocycles. The summed E-state index contributed by atoms with van der Waals surface area (Å²) in [5, 5.41) is 6.74. The third kappa shape index (κ3) is 1.26. The molecule has 0 bridgehead atoms. The van der Waals surface area contributed by atoms with Crippen molar-refractivity contribution in [2.75, 3.05) is 0 Å². The van der Waals surface area contributed by atoms with Gasteiger partial charge in [0.15, 0.2) is 5.82 Å². The average molecular weight is 177 g/mol. The van der Waals surface area contributed by atoms with Crippen molar-refractivity contribution in [2.24, 2.45) is 0 Å². The monoisotopic (exact) mass is 177 g/mol. The molecule has 4 nitrogen and oxygen atoms in total. The van der Waals surface area contributed by atoms with Crippen LogP contribution in [0.4, 0.5) is 0 Å². The normalized spacial score (nSPS) is 10.0. The van der Waals surface area contributed by atoms with E-state index >= 15 is 0 Å². The molecule has 1 N–H and O–H groups in total. The van der Waals surface area contributed by atoms with E-state index < -0.39 is 0 Å². The second-order valence-corrected chi connectivity index (χ2v) is 2.55. The molecular weight excluding hydrogens is 172 g/mol. The summed E-state index contributed by atoms with van der Waals surface area (Å²) >= 11 is 4.75. The predicted molar refractivity (Wildman–Crippen MR) is 45.2 cm³/mol. The van der Waals surface area contributed by atoms with Crippen LogP contribution in [0.15, 0.2) is 29.6 Å². The Kier molecular flexibility index (Phi) is 1.71. The van der Waals surface area contributed by atoms with Crippen LogP contribution in [0.5, 0.6) is 0 Å². The number of H-pyrrole nitrogens is 1. The van der Waals surface area contributed by atoms with Crippen molar-refractivity contribution in [2.45, 2.75) is 5.16 Å². The Morgan fingerprint density at radius 1 is 1.33 bits per heavy atom. The Morgan fingerprint density at radius 3 is 2.83 bits per heavy atom. The van der Waals surface area contributed by atoms with E-state index in [1.165, 1.54) is 0 Å². The van der Waals surface area contributed by atoms with Crippen LogP contribution in [0.2, 0.25) is 0 Å². The molecule has 0 aromatic carbocycles. The number of hydrogen-bond acceptors (Lipinski definition) is 4. The standard InChI is InChI=1S/C7H6N4S/c12-7-9-6(10-11-7)5-3-1-2-4-8-5/h1-4H,(H2,9,10,11,12)/p-1. The Balaban J connectivity index is 2.45. The van der Waals surface area contributed by atoms with Crippen LogP contribution >= 0.6 is 0 Å². The van der Waals surface area contributed by atoms with Crippen molar-refractivity contribution in [3.63, 3.8) is 0 Å². The number of nitrogens with one attached hydrogen (secondary N) is 1. The molecule has 0 saturated carbocycles. The van der Waals surface area contributed by atoms with E-state index in [4.69, 9.17) is 12.6 Å². The topological polar surface area (TPSA) is 54.5 Å². The highest BCUT2D eigenvalue weighted by Gasteiger charge is 1.98. The summed E-state index contributed by atoms with van der Waals surface area (Å²) in [6.45, 7) is 0. The summed E-state index contributed by atoms with van der Waals surface area (Å²) in [6.07, 6.45) is 1.70. The summed E-state index contributed by atoms with van der Waals surface area (Å²) in [7, 11) is 0. The third-order valence-electron chi connectivity index (χ3n) is 1.37. The first kappa shape index (κ1) is 7.17. The summed E-state index contributed by atoms with van der Waals surface area (Å²) < 4.78 is 0. The lowest BCUT2D eigenvalue weighted by molar-refractivity contribution is 0.978. The van der Waals surface area contributed by atoms with E-state index in [9.17, 15) is 0 Å². The summed E-state index contributed by atoms with van der Waals surface area (Å²) in [4.78, 5) is 8.05. The van der Waals surface area contributed by atoms with Gasteiger partial charge >= 0.3 is 0 Å². The molecule has 2 aromatic heterocycles. The van der Waals surface area contributed by atoms with Crippen molar-refractivity contribution in [1.82, 2.24) is 20.2 Å². The highest BCUT2D eigenvalue weighted by atomic mass is 32.1. The van der Waals surface area contributed by atoms with Crippen LogP contribution in [-0.4, -0.2) is 20.2 Å². The minimum absolute atomic E-state index is 0.315. The Labute approximate surface area is 74.5 Å². The molecule has 0 aliphatic rings. The zero-order valence-corrected chi connectivity index (χ0v) is 6.88. The lowest BCUT2D eigenvalue weighted by atomic mass is 10.3. The van der Waals surface area contributed by atoms with Crippen molar-refractivity contribution in [3.8, 4) is 11.5 Å². The summed E-state index contributed by atoms with van der Waals surface area (Å²) in [5.41, 5.74) is 0.751. The van der Waals surface area contributed by atoms with Crippen LogP contribution in [-0.2, 0) is 12.6 Å². The average Bonchev–Trinajstić information content (AvgIpc) is 2.54. The van der Waals surface area contributed by atoms with Gasteiger partial charge in [-0.1, -0.05) is 6.07 Å². The largest absolute Gasteiger partial charge is 0.738 e. The van der Waals surface area contributed by atoms with Crippen LogP contribution < -0.4 is 0 Å². The quantitative estimate of drug-likeness (QED) is 0.654. The molecule has 0 amide bonds. The van der Waals surface area contributed by atoms with Gasteiger partial charge in [-0.3, -0.25) is 10.1 Å². The maximum Gasteiger partial charge on any atom is 0.172 e. The Bertz CT molecular complexity index is 370. The van der Waals surface area contributed by atoms with Gasteiger partial charge in [0, 0.05) is 11.4 Å². The zero-order valence-electron chi connectivity index (χ0n) is 6.06. The fourth-order valence-corrected chi connectivity index (χ4v) is 1.00. The van der Waals surface area contributed by atoms with E-state index in [-0.39, 0.29) is 0 Å². The Morgan fingerprint density at radius 2 is 2.25 bits per heavy atom. The number of rotatable bonds is 1. The second-order valence-electron chi connectivity index (χ2n) is 2.18. The fraction of sp³-hybridized carbons (Fsp3) is 0. The molecule has 2 rings (SSSR count). The molecule has 0 radical (unpaired) electrons. The number of aromatic amines is 1. The maximum absolute atomic E-state index is 4.75. The van der Waals surface area contributed by atoms with Crippen LogP contribution in [0.1, 0.15) is 0 Å². The van der Waals surface area contributed by atoms with Gasteiger partial charge in [-0.25, -0.2) is 4.98 Å². The van der Waals surface area contributed by atoms with Crippen LogP contribution in [0.25, 0.3) is 11.5 Å². The number of pyridine rings is 1. The number of aromatic nitrogens is 4. The van der Waals surface area contributed by atoms with Crippen molar-refractivity contribution < 1.29 is 0 Å². The first-order valence-electron chi connectivity index (χ1n) is 3.37. The van der Waals surface area contributed by atoms with Gasteiger partial charge < -0.3 is 12.6 Å². The molecule has 60 valence electrons. The van der Waals surface area contributed by atoms with E-state index in [0.29, 0.717) is 11.0 Å². The molecule has 0 unspecified atom stereocenters. The van der Waals surface area contributed by atoms with Crippen LogP contribution in [0.3, 0.4) is 0 Å². The van der Waals surface area contributed by atoms with Gasteiger partial charge in [0.05, 0.1) is 0 Å². The number of nitrogens with zero attached hydrogens (tertiary/aromatic N) is 3. The molecule has 5 heteroatoms. The summed E-state index contributed by atoms with van der Waals surface area (Å²) in [5.74, 6) is 0.612. The molecule has 0 fully saturated rings. The van der Waals surface area contributed by atoms with Gasteiger partial charge in [-0.15, -0.1) is 0 Å². The number of hydrogen-bond donors (Lipinski definition) is 1. The maximum atomic E-state index is 4.75. The van der Waals surface area contributed by atoms with Gasteiger partial charge in [-0.2, -0.15) is 5.10 Å². The zero-order chi connectivity index (χ0) is 8.39. The predicted octanol–water partition coefficient (Wildman–Crippen LogP) is 0.772. The van der Waals surface area contributed by atoms with Crippen molar-refractivity contribution in [1.29, 1.82) is 0 Å². The molecule has 0 aliphatic carbocycles. The fourth-order valence-electron chi connectivity index (χ4n) is 0.864. The van der Waals surface area contributed by atoms with Gasteiger partial charge in [0.25, 0.3) is 0 Å². The molecule has 0 spiro atoms. The van der Waals surface area contributed by atoms with E-state index in [2.05, 4.69) is 20.2 Å². The first-order chi connectivity index (χ1) is 5.86. The Hall–Kier alpha value is -1.49. The first-order valence-corrected chi connectivity index (χ1v) is 3.78. The van der Waals surface area contributed by atoms with E-state index in [1.54, 1.807) is 6.20 Å². The minimum Gasteiger partial charge on any atom is -0.738 e. The van der Waals surface area contributed by atoms with Gasteiger partial charge in [0.1, 0.15) is 5.69 Å². The summed E-state index contributed by atoms with van der Waals surface area (Å²) in [6, 6.07) is 5.57. The molecule has 2 aromatic rings. The molecular formula is C7H5N4S-. The lowest BCUT2D eigenvalue weighted by Gasteiger charge is -1.92. The molecule has 12 heavy (non-hydrogen) atoms. The lowest BCUT2D eigenvalue weighted by Crippen LogP contribution is -1.83. The van der Waals surface area contributed by atoms with Gasteiger partial charge in [0.2, 0.25) is 0 Å². The highest BCUT2D eigenvalue weighted by molar-refractivity contribution is 7.58. The highest BCUT2D eigenvalue weighted by Crippen LogP contribution is 2.08. The second kappa shape index (κ2) is 2.86.